The Labute approximate surface area is 262 Å². The van der Waals surface area contributed by atoms with Crippen molar-refractivity contribution >= 4 is 64.0 Å². The minimum absolute atomic E-state index is 0.0381. The van der Waals surface area contributed by atoms with Crippen LogP contribution in [-0.2, 0) is 4.79 Å². The van der Waals surface area contributed by atoms with E-state index < -0.39 is 18.5 Å². The molecule has 1 aliphatic heterocycles. The molecule has 4 rings (SSSR count). The van der Waals surface area contributed by atoms with Gasteiger partial charge >= 0.3 is 5.97 Å². The largest absolute Gasteiger partial charge is 0.494 e. The Kier molecular flexibility index (Phi) is 10.1. The number of nitriles is 1. The Balaban J connectivity index is 1.54. The number of benzene rings is 3. The molecule has 0 saturated carbocycles. The molecule has 0 spiro atoms. The molecule has 12 heteroatoms. The lowest BCUT2D eigenvalue weighted by atomic mass is 9.83. The highest BCUT2D eigenvalue weighted by Gasteiger charge is 2.31. The first-order valence-electron chi connectivity index (χ1n) is 12.3. The highest BCUT2D eigenvalue weighted by molar-refractivity contribution is 6.55. The van der Waals surface area contributed by atoms with Crippen molar-refractivity contribution in [1.29, 1.82) is 5.26 Å². The molecule has 0 bridgehead atoms. The van der Waals surface area contributed by atoms with Crippen LogP contribution >= 0.6 is 58.0 Å². The van der Waals surface area contributed by atoms with E-state index in [0.717, 1.165) is 12.0 Å². The summed E-state index contributed by atoms with van der Waals surface area (Å²) in [5, 5.41) is 9.51. The van der Waals surface area contributed by atoms with Crippen molar-refractivity contribution in [2.45, 2.75) is 26.2 Å². The normalized spacial score (nSPS) is 14.3. The monoisotopic (exact) mass is 654 g/mol. The predicted octanol–water partition coefficient (Wildman–Crippen LogP) is 8.58. The van der Waals surface area contributed by atoms with E-state index in [1.165, 1.54) is 6.07 Å². The molecule has 3 aromatic carbocycles. The van der Waals surface area contributed by atoms with Crippen molar-refractivity contribution in [2.75, 3.05) is 13.2 Å². The Morgan fingerprint density at radius 1 is 0.976 bits per heavy atom. The van der Waals surface area contributed by atoms with E-state index in [-0.39, 0.29) is 48.1 Å². The van der Waals surface area contributed by atoms with Crippen LogP contribution in [0.25, 0.3) is 0 Å². The summed E-state index contributed by atoms with van der Waals surface area (Å²) >= 11 is 30.4. The maximum atomic E-state index is 12.6. The Morgan fingerprint density at radius 3 is 2.32 bits per heavy atom. The van der Waals surface area contributed by atoms with Gasteiger partial charge in [-0.05, 0) is 36.1 Å². The molecule has 0 fully saturated rings. The standard InChI is InChI=1S/C29H23Cl5N2O5/c1-14(2)8-9-38-16-5-3-4-15(10-16)22-18-7-6-17(11-20(18)41-29(36)19(22)12-35)40-21(37)13-39-28-26(33)24(31)23(30)25(32)27(28)34/h3-7,10-11,14,22H,8-9,13,36H2,1-2H3. The maximum Gasteiger partial charge on any atom is 0.349 e. The quantitative estimate of drug-likeness (QED) is 0.106. The second kappa shape index (κ2) is 13.3. The third-order valence-electron chi connectivity index (χ3n) is 6.08. The van der Waals surface area contributed by atoms with Crippen molar-refractivity contribution < 1.29 is 23.7 Å². The maximum absolute atomic E-state index is 12.6. The van der Waals surface area contributed by atoms with Crippen LogP contribution in [0.1, 0.15) is 37.3 Å². The molecule has 1 unspecified atom stereocenters. The van der Waals surface area contributed by atoms with Gasteiger partial charge in [0.05, 0.1) is 27.6 Å². The summed E-state index contributed by atoms with van der Waals surface area (Å²) in [4.78, 5) is 12.6. The Hall–Kier alpha value is -2.99. The zero-order chi connectivity index (χ0) is 29.8. The van der Waals surface area contributed by atoms with Crippen LogP contribution in [-0.4, -0.2) is 19.2 Å². The molecule has 7 nitrogen and oxygen atoms in total. The fraction of sp³-hybridized carbons (Fsp3) is 0.241. The van der Waals surface area contributed by atoms with Gasteiger partial charge in [-0.1, -0.05) is 90.1 Å². The van der Waals surface area contributed by atoms with Gasteiger partial charge in [0.2, 0.25) is 5.88 Å². The van der Waals surface area contributed by atoms with E-state index in [1.807, 2.05) is 24.3 Å². The summed E-state index contributed by atoms with van der Waals surface area (Å²) in [5.41, 5.74) is 7.84. The van der Waals surface area contributed by atoms with Gasteiger partial charge in [-0.15, -0.1) is 0 Å². The second-order valence-electron chi connectivity index (χ2n) is 9.39. The average Bonchev–Trinajstić information content (AvgIpc) is 2.94. The van der Waals surface area contributed by atoms with E-state index >= 15 is 0 Å². The van der Waals surface area contributed by atoms with Gasteiger partial charge in [0.25, 0.3) is 0 Å². The number of ether oxygens (including phenoxy) is 4. The summed E-state index contributed by atoms with van der Waals surface area (Å²) in [6.45, 7) is 4.25. The third kappa shape index (κ3) is 6.91. The van der Waals surface area contributed by atoms with Gasteiger partial charge in [-0.25, -0.2) is 4.79 Å². The van der Waals surface area contributed by atoms with Gasteiger partial charge < -0.3 is 24.7 Å². The summed E-state index contributed by atoms with van der Waals surface area (Å²) in [6.07, 6.45) is 0.911. The number of hydrogen-bond acceptors (Lipinski definition) is 7. The summed E-state index contributed by atoms with van der Waals surface area (Å²) in [5.74, 6) is 0.204. The molecule has 0 amide bonds. The average molecular weight is 657 g/mol. The van der Waals surface area contributed by atoms with Crippen LogP contribution in [0.4, 0.5) is 0 Å². The number of nitrogens with two attached hydrogens (primary N) is 1. The van der Waals surface area contributed by atoms with Crippen molar-refractivity contribution in [2.24, 2.45) is 11.7 Å². The molecule has 1 aliphatic rings. The van der Waals surface area contributed by atoms with Gasteiger partial charge in [0.1, 0.15) is 38.9 Å². The molecule has 0 radical (unpaired) electrons. The molecular formula is C29H23Cl5N2O5. The molecule has 214 valence electrons. The van der Waals surface area contributed by atoms with E-state index in [0.29, 0.717) is 29.6 Å². The number of hydrogen-bond donors (Lipinski definition) is 1. The third-order valence-corrected chi connectivity index (χ3v) is 8.32. The number of allylic oxidation sites excluding steroid dienone is 1. The van der Waals surface area contributed by atoms with Gasteiger partial charge in [-0.3, -0.25) is 0 Å². The first-order chi connectivity index (χ1) is 19.5. The van der Waals surface area contributed by atoms with Gasteiger partial charge in [0.15, 0.2) is 12.4 Å². The van der Waals surface area contributed by atoms with E-state index in [1.54, 1.807) is 12.1 Å². The molecule has 3 aromatic rings. The summed E-state index contributed by atoms with van der Waals surface area (Å²) in [6, 6.07) is 14.4. The van der Waals surface area contributed by atoms with Crippen molar-refractivity contribution in [3.8, 4) is 29.1 Å². The fourth-order valence-corrected chi connectivity index (χ4v) is 5.27. The molecule has 0 aromatic heterocycles. The molecule has 2 N–H and O–H groups in total. The number of rotatable bonds is 9. The number of carbonyl (C=O) groups is 1. The topological polar surface area (TPSA) is 104 Å². The van der Waals surface area contributed by atoms with Crippen molar-refractivity contribution in [3.05, 3.63) is 90.2 Å². The molecular weight excluding hydrogens is 634 g/mol. The van der Waals surface area contributed by atoms with Crippen molar-refractivity contribution in [1.82, 2.24) is 0 Å². The van der Waals surface area contributed by atoms with Crippen LogP contribution in [0, 0.1) is 17.2 Å². The first-order valence-corrected chi connectivity index (χ1v) is 14.2. The van der Waals surface area contributed by atoms with Crippen molar-refractivity contribution in [3.63, 3.8) is 0 Å². The van der Waals surface area contributed by atoms with Crippen LogP contribution in [0.3, 0.4) is 0 Å². The van der Waals surface area contributed by atoms with Crippen LogP contribution in [0.15, 0.2) is 53.9 Å². The Bertz CT molecular complexity index is 1540. The molecule has 41 heavy (non-hydrogen) atoms. The minimum atomic E-state index is -0.779. The van der Waals surface area contributed by atoms with E-state index in [9.17, 15) is 10.1 Å². The SMILES string of the molecule is CC(C)CCOc1cccc(C2C(C#N)=C(N)Oc3cc(OC(=O)COc4c(Cl)c(Cl)c(Cl)c(Cl)c4Cl)ccc32)c1. The minimum Gasteiger partial charge on any atom is -0.494 e. The number of nitrogens with zero attached hydrogens (tertiary/aromatic N) is 1. The number of fused-ring (bicyclic) bond motifs is 1. The fourth-order valence-electron chi connectivity index (χ4n) is 4.04. The lowest BCUT2D eigenvalue weighted by Crippen LogP contribution is -2.22. The smallest absolute Gasteiger partial charge is 0.349 e. The van der Waals surface area contributed by atoms with E-state index in [2.05, 4.69) is 19.9 Å². The predicted molar refractivity (Wildman–Crippen MR) is 160 cm³/mol. The molecule has 0 aliphatic carbocycles. The molecule has 1 heterocycles. The number of halogens is 5. The molecule has 0 saturated heterocycles. The highest BCUT2D eigenvalue weighted by atomic mass is 35.5. The zero-order valence-corrected chi connectivity index (χ0v) is 25.6. The zero-order valence-electron chi connectivity index (χ0n) is 21.8. The lowest BCUT2D eigenvalue weighted by molar-refractivity contribution is -0.136. The van der Waals surface area contributed by atoms with Gasteiger partial charge in [-0.2, -0.15) is 5.26 Å². The second-order valence-corrected chi connectivity index (χ2v) is 11.3. The number of carbonyl (C=O) groups excluding carboxylic acids is 1. The number of esters is 1. The molecule has 1 atom stereocenters. The Morgan fingerprint density at radius 2 is 1.66 bits per heavy atom. The highest BCUT2D eigenvalue weighted by Crippen LogP contribution is 2.48. The summed E-state index contributed by atoms with van der Waals surface area (Å²) < 4.78 is 22.5. The van der Waals surface area contributed by atoms with Crippen LogP contribution < -0.4 is 24.7 Å². The van der Waals surface area contributed by atoms with Gasteiger partial charge in [0, 0.05) is 11.6 Å². The summed E-state index contributed by atoms with van der Waals surface area (Å²) in [7, 11) is 0. The first kappa shape index (κ1) is 31.0. The van der Waals surface area contributed by atoms with Crippen LogP contribution in [0.2, 0.25) is 25.1 Å². The lowest BCUT2D eigenvalue weighted by Gasteiger charge is -2.27. The van der Waals surface area contributed by atoms with E-state index in [4.69, 9.17) is 82.7 Å². The van der Waals surface area contributed by atoms with Crippen LogP contribution in [0.5, 0.6) is 23.0 Å².